The van der Waals surface area contributed by atoms with E-state index in [9.17, 15) is 9.59 Å². The molecule has 162 valence electrons. The Labute approximate surface area is 184 Å². The van der Waals surface area contributed by atoms with Gasteiger partial charge in [-0.05, 0) is 51.0 Å². The van der Waals surface area contributed by atoms with Gasteiger partial charge in [0.05, 0.1) is 12.9 Å². The zero-order valence-corrected chi connectivity index (χ0v) is 19.3. The van der Waals surface area contributed by atoms with Gasteiger partial charge in [-0.25, -0.2) is 0 Å². The van der Waals surface area contributed by atoms with E-state index in [1.54, 1.807) is 30.7 Å². The van der Waals surface area contributed by atoms with E-state index < -0.39 is 6.04 Å². The molecule has 0 aliphatic carbocycles. The number of hydrogen-bond acceptors (Lipinski definition) is 4. The summed E-state index contributed by atoms with van der Waals surface area (Å²) in [5.74, 6) is 1.57. The van der Waals surface area contributed by atoms with Crippen LogP contribution in [0.4, 0.5) is 0 Å². The monoisotopic (exact) mass is 428 g/mol. The van der Waals surface area contributed by atoms with Crippen molar-refractivity contribution in [3.8, 4) is 5.75 Å². The highest BCUT2D eigenvalue weighted by molar-refractivity contribution is 7.99. The van der Waals surface area contributed by atoms with Crippen LogP contribution in [0.15, 0.2) is 54.6 Å². The Morgan fingerprint density at radius 3 is 2.37 bits per heavy atom. The summed E-state index contributed by atoms with van der Waals surface area (Å²) in [6.45, 7) is 7.92. The molecule has 0 aromatic heterocycles. The van der Waals surface area contributed by atoms with E-state index in [0.29, 0.717) is 12.3 Å². The van der Waals surface area contributed by atoms with E-state index in [1.165, 1.54) is 5.56 Å². The summed E-state index contributed by atoms with van der Waals surface area (Å²) >= 11 is 1.56. The van der Waals surface area contributed by atoms with E-state index in [0.717, 1.165) is 17.1 Å². The van der Waals surface area contributed by atoms with Crippen LogP contribution in [0, 0.1) is 0 Å². The van der Waals surface area contributed by atoms with Gasteiger partial charge in [0, 0.05) is 17.8 Å². The first-order valence-corrected chi connectivity index (χ1v) is 11.2. The molecule has 6 heteroatoms. The highest BCUT2D eigenvalue weighted by atomic mass is 32.2. The molecule has 1 atom stereocenters. The Bertz CT molecular complexity index is 834. The predicted octanol–water partition coefficient (Wildman–Crippen LogP) is 4.26. The van der Waals surface area contributed by atoms with Gasteiger partial charge >= 0.3 is 0 Å². The van der Waals surface area contributed by atoms with Gasteiger partial charge in [-0.15, -0.1) is 11.8 Å². The first-order chi connectivity index (χ1) is 14.2. The minimum Gasteiger partial charge on any atom is -0.497 e. The molecule has 2 aromatic carbocycles. The van der Waals surface area contributed by atoms with Crippen LogP contribution in [-0.2, 0) is 21.9 Å². The first kappa shape index (κ1) is 23.8. The largest absolute Gasteiger partial charge is 0.497 e. The number of nitrogens with one attached hydrogen (secondary N) is 1. The summed E-state index contributed by atoms with van der Waals surface area (Å²) in [6.07, 6.45) is 0. The van der Waals surface area contributed by atoms with Gasteiger partial charge in [0.2, 0.25) is 11.8 Å². The maximum absolute atomic E-state index is 13.1. The van der Waals surface area contributed by atoms with Crippen LogP contribution in [0.25, 0.3) is 0 Å². The van der Waals surface area contributed by atoms with Crippen molar-refractivity contribution in [2.75, 3.05) is 12.9 Å². The van der Waals surface area contributed by atoms with E-state index in [-0.39, 0.29) is 17.4 Å². The molecule has 2 rings (SSSR count). The Kier molecular flexibility index (Phi) is 8.78. The Balaban J connectivity index is 2.12. The van der Waals surface area contributed by atoms with Gasteiger partial charge in [-0.3, -0.25) is 9.59 Å². The maximum atomic E-state index is 13.1. The molecule has 30 heavy (non-hydrogen) atoms. The van der Waals surface area contributed by atoms with Crippen molar-refractivity contribution in [3.63, 3.8) is 0 Å². The maximum Gasteiger partial charge on any atom is 0.242 e. The Morgan fingerprint density at radius 2 is 1.73 bits per heavy atom. The molecule has 0 saturated heterocycles. The van der Waals surface area contributed by atoms with E-state index in [4.69, 9.17) is 4.74 Å². The SMILES string of the molecule is COc1cccc(CN(C(=O)CSCc2ccccc2)[C@H](C)C(=O)NC(C)(C)C)c1. The number of carbonyl (C=O) groups is 2. The molecule has 1 N–H and O–H groups in total. The molecular weight excluding hydrogens is 396 g/mol. The van der Waals surface area contributed by atoms with Crippen LogP contribution >= 0.6 is 11.8 Å². The summed E-state index contributed by atoms with van der Waals surface area (Å²) < 4.78 is 5.30. The molecule has 0 spiro atoms. The van der Waals surface area contributed by atoms with Gasteiger partial charge in [-0.2, -0.15) is 0 Å². The number of hydrogen-bond donors (Lipinski definition) is 1. The molecule has 0 saturated carbocycles. The average Bonchev–Trinajstić information content (AvgIpc) is 2.71. The third kappa shape index (κ3) is 7.75. The second-order valence-electron chi connectivity index (χ2n) is 8.27. The summed E-state index contributed by atoms with van der Waals surface area (Å²) in [5, 5.41) is 2.98. The van der Waals surface area contributed by atoms with E-state index >= 15 is 0 Å². The quantitative estimate of drug-likeness (QED) is 0.648. The minimum atomic E-state index is -0.583. The lowest BCUT2D eigenvalue weighted by Gasteiger charge is -2.31. The summed E-state index contributed by atoms with van der Waals surface area (Å²) in [5.41, 5.74) is 1.73. The Hall–Kier alpha value is -2.47. The standard InChI is InChI=1S/C24H32N2O3S/c1-18(23(28)25-24(2,3)4)26(15-20-12-9-13-21(14-20)29-5)22(27)17-30-16-19-10-7-6-8-11-19/h6-14,18H,15-17H2,1-5H3,(H,25,28)/t18-/m1/s1. The fourth-order valence-corrected chi connectivity index (χ4v) is 3.81. The number of methoxy groups -OCH3 is 1. The van der Waals surface area contributed by atoms with Gasteiger partial charge in [0.15, 0.2) is 0 Å². The molecule has 0 heterocycles. The zero-order valence-electron chi connectivity index (χ0n) is 18.5. The second kappa shape index (κ2) is 11.1. The van der Waals surface area contributed by atoms with Crippen molar-refractivity contribution in [1.82, 2.24) is 10.2 Å². The number of carbonyl (C=O) groups excluding carboxylic acids is 2. The lowest BCUT2D eigenvalue weighted by atomic mass is 10.1. The summed E-state index contributed by atoms with van der Waals surface area (Å²) in [4.78, 5) is 27.5. The molecule has 2 amide bonds. The van der Waals surface area contributed by atoms with E-state index in [1.807, 2.05) is 75.4 Å². The topological polar surface area (TPSA) is 58.6 Å². The highest BCUT2D eigenvalue weighted by Gasteiger charge is 2.28. The molecule has 0 bridgehead atoms. The highest BCUT2D eigenvalue weighted by Crippen LogP contribution is 2.19. The fraction of sp³-hybridized carbons (Fsp3) is 0.417. The minimum absolute atomic E-state index is 0.0599. The van der Waals surface area contributed by atoms with Crippen molar-refractivity contribution < 1.29 is 14.3 Å². The van der Waals surface area contributed by atoms with Crippen LogP contribution in [0.3, 0.4) is 0 Å². The smallest absolute Gasteiger partial charge is 0.242 e. The second-order valence-corrected chi connectivity index (χ2v) is 9.25. The van der Waals surface area contributed by atoms with Crippen molar-refractivity contribution >= 4 is 23.6 Å². The van der Waals surface area contributed by atoms with Gasteiger partial charge in [0.1, 0.15) is 11.8 Å². The van der Waals surface area contributed by atoms with E-state index in [2.05, 4.69) is 5.32 Å². The first-order valence-electron chi connectivity index (χ1n) is 10.1. The third-order valence-electron chi connectivity index (χ3n) is 4.49. The van der Waals surface area contributed by atoms with Gasteiger partial charge < -0.3 is 15.0 Å². The molecular formula is C24H32N2O3S. The summed E-state index contributed by atoms with van der Waals surface area (Å²) in [6, 6.07) is 17.1. The predicted molar refractivity (Wildman–Crippen MR) is 124 cm³/mol. The van der Waals surface area contributed by atoms with Gasteiger partial charge in [-0.1, -0.05) is 42.5 Å². The molecule has 0 aliphatic rings. The molecule has 0 unspecified atom stereocenters. The van der Waals surface area contributed by atoms with Gasteiger partial charge in [0.25, 0.3) is 0 Å². The van der Waals surface area contributed by atoms with Crippen LogP contribution in [0.5, 0.6) is 5.75 Å². The lowest BCUT2D eigenvalue weighted by Crippen LogP contribution is -2.52. The zero-order chi connectivity index (χ0) is 22.1. The van der Waals surface area contributed by atoms with Crippen molar-refractivity contribution in [2.24, 2.45) is 0 Å². The average molecular weight is 429 g/mol. The number of benzene rings is 2. The molecule has 0 fully saturated rings. The van der Waals surface area contributed by atoms with Crippen LogP contribution in [0.2, 0.25) is 0 Å². The van der Waals surface area contributed by atoms with Crippen LogP contribution in [0.1, 0.15) is 38.8 Å². The normalized spacial score (nSPS) is 12.2. The van der Waals surface area contributed by atoms with Crippen molar-refractivity contribution in [3.05, 3.63) is 65.7 Å². The van der Waals surface area contributed by atoms with Crippen LogP contribution in [-0.4, -0.2) is 41.2 Å². The molecule has 0 radical (unpaired) electrons. The van der Waals surface area contributed by atoms with Crippen molar-refractivity contribution in [1.29, 1.82) is 0 Å². The number of rotatable bonds is 9. The molecule has 2 aromatic rings. The number of ether oxygens (including phenoxy) is 1. The van der Waals surface area contributed by atoms with Crippen LogP contribution < -0.4 is 10.1 Å². The molecule has 5 nitrogen and oxygen atoms in total. The summed E-state index contributed by atoms with van der Waals surface area (Å²) in [7, 11) is 1.61. The molecule has 0 aliphatic heterocycles. The van der Waals surface area contributed by atoms with Crippen molar-refractivity contribution in [2.45, 2.75) is 51.6 Å². The fourth-order valence-electron chi connectivity index (χ4n) is 2.94. The number of nitrogens with zero attached hydrogens (tertiary/aromatic N) is 1. The number of amides is 2. The Morgan fingerprint density at radius 1 is 1.07 bits per heavy atom. The lowest BCUT2D eigenvalue weighted by molar-refractivity contribution is -0.139. The number of thioether (sulfide) groups is 1. The third-order valence-corrected chi connectivity index (χ3v) is 5.48.